The second-order valence-corrected chi connectivity index (χ2v) is 4.65. The van der Waals surface area contributed by atoms with E-state index in [0.717, 1.165) is 24.3 Å². The summed E-state index contributed by atoms with van der Waals surface area (Å²) >= 11 is 0. The molecule has 2 heterocycles. The average molecular weight is 240 g/mol. The molecule has 0 bridgehead atoms. The number of fused-ring (bicyclic) bond motifs is 1. The van der Waals surface area contributed by atoms with Crippen LogP contribution >= 0.6 is 0 Å². The zero-order valence-electron chi connectivity index (χ0n) is 10.2. The van der Waals surface area contributed by atoms with Gasteiger partial charge in [-0.25, -0.2) is 0 Å². The predicted molar refractivity (Wildman–Crippen MR) is 69.8 cm³/mol. The fraction of sp³-hybridized carbons (Fsp3) is 0.267. The van der Waals surface area contributed by atoms with Crippen molar-refractivity contribution in [2.75, 3.05) is 0 Å². The maximum Gasteiger partial charge on any atom is 0.0725 e. The van der Waals surface area contributed by atoms with Crippen molar-refractivity contribution in [3.8, 4) is 0 Å². The average Bonchev–Trinajstić information content (AvgIpc) is 2.87. The standard InChI is InChI=1S/C15H16N2O/c16-15(8-14-3-1-2-6-17-14)11-4-5-12-9-18-10-13(12)7-11/h1-7,15H,8-10,16H2. The van der Waals surface area contributed by atoms with Crippen LogP contribution in [0.25, 0.3) is 0 Å². The van der Waals surface area contributed by atoms with Gasteiger partial charge in [-0.05, 0) is 28.8 Å². The predicted octanol–water partition coefficient (Wildman–Crippen LogP) is 2.35. The molecule has 0 saturated carbocycles. The van der Waals surface area contributed by atoms with Crippen molar-refractivity contribution in [3.63, 3.8) is 0 Å². The van der Waals surface area contributed by atoms with Crippen molar-refractivity contribution in [3.05, 3.63) is 65.0 Å². The maximum atomic E-state index is 6.24. The molecule has 1 aromatic carbocycles. The van der Waals surface area contributed by atoms with Gasteiger partial charge in [-0.2, -0.15) is 0 Å². The molecule has 0 radical (unpaired) electrons. The van der Waals surface area contributed by atoms with E-state index in [1.807, 2.05) is 18.2 Å². The van der Waals surface area contributed by atoms with Crippen molar-refractivity contribution < 1.29 is 4.74 Å². The lowest BCUT2D eigenvalue weighted by Gasteiger charge is -2.12. The molecule has 18 heavy (non-hydrogen) atoms. The number of benzene rings is 1. The van der Waals surface area contributed by atoms with Gasteiger partial charge in [-0.15, -0.1) is 0 Å². The Balaban J connectivity index is 1.78. The van der Waals surface area contributed by atoms with Crippen molar-refractivity contribution in [1.82, 2.24) is 4.98 Å². The zero-order valence-corrected chi connectivity index (χ0v) is 10.2. The Kier molecular flexibility index (Phi) is 3.09. The normalized spacial score (nSPS) is 15.4. The molecular weight excluding hydrogens is 224 g/mol. The summed E-state index contributed by atoms with van der Waals surface area (Å²) in [4.78, 5) is 4.31. The molecule has 0 aliphatic carbocycles. The lowest BCUT2D eigenvalue weighted by molar-refractivity contribution is 0.134. The minimum atomic E-state index is -0.00852. The molecule has 3 nitrogen and oxygen atoms in total. The molecule has 0 spiro atoms. The zero-order chi connectivity index (χ0) is 12.4. The molecule has 1 aliphatic heterocycles. The summed E-state index contributed by atoms with van der Waals surface area (Å²) in [7, 11) is 0. The van der Waals surface area contributed by atoms with Gasteiger partial charge in [-0.1, -0.05) is 24.3 Å². The van der Waals surface area contributed by atoms with Gasteiger partial charge in [0, 0.05) is 24.4 Å². The maximum absolute atomic E-state index is 6.24. The third-order valence-electron chi connectivity index (χ3n) is 3.33. The smallest absolute Gasteiger partial charge is 0.0725 e. The SMILES string of the molecule is NC(Cc1ccccn1)c1ccc2c(c1)COC2. The Morgan fingerprint density at radius 2 is 2.06 bits per heavy atom. The molecule has 0 fully saturated rings. The highest BCUT2D eigenvalue weighted by molar-refractivity contribution is 5.35. The van der Waals surface area contributed by atoms with E-state index in [9.17, 15) is 0 Å². The summed E-state index contributed by atoms with van der Waals surface area (Å²) < 4.78 is 5.41. The van der Waals surface area contributed by atoms with Crippen LogP contribution in [0.1, 0.15) is 28.4 Å². The topological polar surface area (TPSA) is 48.1 Å². The van der Waals surface area contributed by atoms with Gasteiger partial charge in [-0.3, -0.25) is 4.98 Å². The van der Waals surface area contributed by atoms with E-state index in [1.54, 1.807) is 6.20 Å². The minimum absolute atomic E-state index is 0.00852. The van der Waals surface area contributed by atoms with Crippen molar-refractivity contribution in [2.45, 2.75) is 25.7 Å². The van der Waals surface area contributed by atoms with Gasteiger partial charge in [0.2, 0.25) is 0 Å². The molecule has 1 aromatic heterocycles. The monoisotopic (exact) mass is 240 g/mol. The number of nitrogens with zero attached hydrogens (tertiary/aromatic N) is 1. The van der Waals surface area contributed by atoms with Gasteiger partial charge < -0.3 is 10.5 Å². The van der Waals surface area contributed by atoms with Gasteiger partial charge in [0.05, 0.1) is 13.2 Å². The summed E-state index contributed by atoms with van der Waals surface area (Å²) in [5, 5.41) is 0. The van der Waals surface area contributed by atoms with E-state index < -0.39 is 0 Å². The summed E-state index contributed by atoms with van der Waals surface area (Å²) in [5.41, 5.74) is 11.0. The number of hydrogen-bond donors (Lipinski definition) is 1. The highest BCUT2D eigenvalue weighted by atomic mass is 16.5. The summed E-state index contributed by atoms with van der Waals surface area (Å²) in [6.07, 6.45) is 2.57. The second kappa shape index (κ2) is 4.88. The Hall–Kier alpha value is -1.71. The minimum Gasteiger partial charge on any atom is -0.372 e. The molecule has 2 aromatic rings. The molecule has 92 valence electrons. The van der Waals surface area contributed by atoms with E-state index in [-0.39, 0.29) is 6.04 Å². The van der Waals surface area contributed by atoms with E-state index in [1.165, 1.54) is 11.1 Å². The fourth-order valence-corrected chi connectivity index (χ4v) is 2.28. The van der Waals surface area contributed by atoms with Crippen LogP contribution in [0, 0.1) is 0 Å². The van der Waals surface area contributed by atoms with Crippen LogP contribution in [0.15, 0.2) is 42.6 Å². The molecule has 1 aliphatic rings. The second-order valence-electron chi connectivity index (χ2n) is 4.65. The third kappa shape index (κ3) is 2.28. The third-order valence-corrected chi connectivity index (χ3v) is 3.33. The van der Waals surface area contributed by atoms with Crippen molar-refractivity contribution in [2.24, 2.45) is 5.73 Å². The Labute approximate surface area is 107 Å². The number of aromatic nitrogens is 1. The molecule has 1 unspecified atom stereocenters. The van der Waals surface area contributed by atoms with Crippen LogP contribution in [-0.2, 0) is 24.4 Å². The number of pyridine rings is 1. The highest BCUT2D eigenvalue weighted by Gasteiger charge is 2.14. The molecule has 1 atom stereocenters. The molecular formula is C15H16N2O. The molecule has 2 N–H and O–H groups in total. The number of nitrogens with two attached hydrogens (primary N) is 1. The number of hydrogen-bond acceptors (Lipinski definition) is 3. The molecule has 3 rings (SSSR count). The van der Waals surface area contributed by atoms with Crippen molar-refractivity contribution >= 4 is 0 Å². The van der Waals surface area contributed by atoms with Gasteiger partial charge in [0.25, 0.3) is 0 Å². The Bertz CT molecular complexity index is 539. The van der Waals surface area contributed by atoms with Gasteiger partial charge in [0.15, 0.2) is 0 Å². The van der Waals surface area contributed by atoms with E-state index in [4.69, 9.17) is 10.5 Å². The first kappa shape index (κ1) is 11.4. The molecule has 0 amide bonds. The Morgan fingerprint density at radius 3 is 2.89 bits per heavy atom. The Morgan fingerprint density at radius 1 is 1.17 bits per heavy atom. The van der Waals surface area contributed by atoms with Crippen LogP contribution in [0.5, 0.6) is 0 Å². The lowest BCUT2D eigenvalue weighted by Crippen LogP contribution is -2.14. The summed E-state index contributed by atoms with van der Waals surface area (Å²) in [5.74, 6) is 0. The lowest BCUT2D eigenvalue weighted by atomic mass is 9.98. The largest absolute Gasteiger partial charge is 0.372 e. The first-order valence-corrected chi connectivity index (χ1v) is 6.18. The van der Waals surface area contributed by atoms with Gasteiger partial charge in [0.1, 0.15) is 0 Å². The van der Waals surface area contributed by atoms with Crippen LogP contribution in [0.3, 0.4) is 0 Å². The molecule has 3 heteroatoms. The first-order valence-electron chi connectivity index (χ1n) is 6.18. The fourth-order valence-electron chi connectivity index (χ4n) is 2.28. The van der Waals surface area contributed by atoms with Crippen LogP contribution < -0.4 is 5.73 Å². The van der Waals surface area contributed by atoms with E-state index >= 15 is 0 Å². The quantitative estimate of drug-likeness (QED) is 0.896. The summed E-state index contributed by atoms with van der Waals surface area (Å²) in [6.45, 7) is 1.44. The molecule has 0 saturated heterocycles. The first-order chi connectivity index (χ1) is 8.83. The summed E-state index contributed by atoms with van der Waals surface area (Å²) in [6, 6.07) is 12.3. The van der Waals surface area contributed by atoms with Crippen LogP contribution in [0.4, 0.5) is 0 Å². The van der Waals surface area contributed by atoms with Crippen molar-refractivity contribution in [1.29, 1.82) is 0 Å². The van der Waals surface area contributed by atoms with E-state index in [2.05, 4.69) is 23.2 Å². The highest BCUT2D eigenvalue weighted by Crippen LogP contribution is 2.24. The number of ether oxygens (including phenoxy) is 1. The van der Waals surface area contributed by atoms with Gasteiger partial charge >= 0.3 is 0 Å². The van der Waals surface area contributed by atoms with Crippen LogP contribution in [0.2, 0.25) is 0 Å². The van der Waals surface area contributed by atoms with E-state index in [0.29, 0.717) is 6.61 Å². The van der Waals surface area contributed by atoms with Crippen LogP contribution in [-0.4, -0.2) is 4.98 Å². The number of rotatable bonds is 3.